The second-order valence-electron chi connectivity index (χ2n) is 5.46. The first-order valence-electron chi connectivity index (χ1n) is 7.71. The molecule has 1 aromatic rings. The molecule has 1 aromatic carbocycles. The Morgan fingerprint density at radius 2 is 1.85 bits per heavy atom. The number of carbonyl (C=O) groups is 1. The summed E-state index contributed by atoms with van der Waals surface area (Å²) >= 11 is 0. The van der Waals surface area contributed by atoms with E-state index in [9.17, 15) is 4.79 Å². The Balaban J connectivity index is 2.17. The Hall–Kier alpha value is -1.35. The largest absolute Gasteiger partial charge is 0.325 e. The van der Waals surface area contributed by atoms with Crippen LogP contribution in [0, 0.1) is 13.8 Å². The fraction of sp³-hybridized carbons (Fsp3) is 0.588. The molecule has 0 aliphatic heterocycles. The van der Waals surface area contributed by atoms with Crippen LogP contribution < -0.4 is 10.6 Å². The molecule has 0 radical (unpaired) electrons. The zero-order valence-electron chi connectivity index (χ0n) is 13.1. The summed E-state index contributed by atoms with van der Waals surface area (Å²) in [6.07, 6.45) is 6.28. The van der Waals surface area contributed by atoms with Crippen molar-refractivity contribution in [2.45, 2.75) is 52.9 Å². The lowest BCUT2D eigenvalue weighted by Gasteiger charge is -2.10. The second-order valence-corrected chi connectivity index (χ2v) is 5.46. The maximum atomic E-state index is 11.8. The van der Waals surface area contributed by atoms with Crippen LogP contribution >= 0.6 is 0 Å². The molecule has 2 N–H and O–H groups in total. The summed E-state index contributed by atoms with van der Waals surface area (Å²) in [5.41, 5.74) is 3.23. The molecular weight excluding hydrogens is 248 g/mol. The molecule has 0 spiro atoms. The normalized spacial score (nSPS) is 10.6. The summed E-state index contributed by atoms with van der Waals surface area (Å²) in [7, 11) is 0. The maximum absolute atomic E-state index is 11.8. The molecule has 20 heavy (non-hydrogen) atoms. The first-order valence-corrected chi connectivity index (χ1v) is 7.71. The molecule has 0 aliphatic carbocycles. The fourth-order valence-corrected chi connectivity index (χ4v) is 2.20. The van der Waals surface area contributed by atoms with Gasteiger partial charge in [0.25, 0.3) is 0 Å². The molecule has 1 rings (SSSR count). The Morgan fingerprint density at radius 1 is 1.10 bits per heavy atom. The fourth-order valence-electron chi connectivity index (χ4n) is 2.20. The van der Waals surface area contributed by atoms with Crippen LogP contribution in [0.3, 0.4) is 0 Å². The highest BCUT2D eigenvalue weighted by molar-refractivity contribution is 5.92. The van der Waals surface area contributed by atoms with Crippen LogP contribution in [-0.4, -0.2) is 19.0 Å². The van der Waals surface area contributed by atoms with Crippen molar-refractivity contribution in [1.82, 2.24) is 5.32 Å². The van der Waals surface area contributed by atoms with E-state index in [2.05, 4.69) is 30.5 Å². The number of benzene rings is 1. The van der Waals surface area contributed by atoms with Crippen molar-refractivity contribution in [3.63, 3.8) is 0 Å². The van der Waals surface area contributed by atoms with E-state index >= 15 is 0 Å². The number of hydrogen-bond donors (Lipinski definition) is 2. The highest BCUT2D eigenvalue weighted by atomic mass is 16.1. The number of amides is 1. The number of anilines is 1. The van der Waals surface area contributed by atoms with Crippen LogP contribution in [0.4, 0.5) is 5.69 Å². The van der Waals surface area contributed by atoms with E-state index in [1.165, 1.54) is 31.2 Å². The summed E-state index contributed by atoms with van der Waals surface area (Å²) in [6.45, 7) is 7.60. The van der Waals surface area contributed by atoms with E-state index < -0.39 is 0 Å². The molecule has 3 nitrogen and oxygen atoms in total. The lowest BCUT2D eigenvalue weighted by atomic mass is 10.1. The SMILES string of the molecule is CCCCCCCNCC(=O)Nc1ccc(C)cc1C. The Bertz CT molecular complexity index is 415. The van der Waals surface area contributed by atoms with Crippen LogP contribution in [-0.2, 0) is 4.79 Å². The summed E-state index contributed by atoms with van der Waals surface area (Å²) in [4.78, 5) is 11.8. The number of rotatable bonds is 9. The van der Waals surface area contributed by atoms with Crippen molar-refractivity contribution in [2.75, 3.05) is 18.4 Å². The molecule has 0 fully saturated rings. The third kappa shape index (κ3) is 6.71. The van der Waals surface area contributed by atoms with Crippen LogP contribution in [0.15, 0.2) is 18.2 Å². The van der Waals surface area contributed by atoms with Crippen molar-refractivity contribution >= 4 is 11.6 Å². The number of hydrogen-bond acceptors (Lipinski definition) is 2. The number of carbonyl (C=O) groups excluding carboxylic acids is 1. The molecule has 0 saturated carbocycles. The van der Waals surface area contributed by atoms with Gasteiger partial charge in [0.05, 0.1) is 6.54 Å². The van der Waals surface area contributed by atoms with E-state index in [0.29, 0.717) is 6.54 Å². The lowest BCUT2D eigenvalue weighted by Crippen LogP contribution is -2.29. The molecule has 3 heteroatoms. The van der Waals surface area contributed by atoms with E-state index in [0.717, 1.165) is 24.2 Å². The molecule has 0 aromatic heterocycles. The molecule has 0 saturated heterocycles. The van der Waals surface area contributed by atoms with Gasteiger partial charge in [0.2, 0.25) is 5.91 Å². The summed E-state index contributed by atoms with van der Waals surface area (Å²) in [6, 6.07) is 6.06. The van der Waals surface area contributed by atoms with Gasteiger partial charge in [-0.05, 0) is 38.4 Å². The predicted octanol–water partition coefficient (Wildman–Crippen LogP) is 3.80. The lowest BCUT2D eigenvalue weighted by molar-refractivity contribution is -0.115. The van der Waals surface area contributed by atoms with Gasteiger partial charge >= 0.3 is 0 Å². The average molecular weight is 276 g/mol. The number of aryl methyl sites for hydroxylation is 2. The Kier molecular flexibility index (Phi) is 7.97. The summed E-state index contributed by atoms with van der Waals surface area (Å²) < 4.78 is 0. The van der Waals surface area contributed by atoms with Gasteiger partial charge in [-0.1, -0.05) is 50.3 Å². The topological polar surface area (TPSA) is 41.1 Å². The molecule has 1 amide bonds. The van der Waals surface area contributed by atoms with Gasteiger partial charge in [0, 0.05) is 5.69 Å². The Labute approximate surface area is 123 Å². The third-order valence-corrected chi connectivity index (χ3v) is 3.40. The maximum Gasteiger partial charge on any atom is 0.238 e. The van der Waals surface area contributed by atoms with Gasteiger partial charge in [0.15, 0.2) is 0 Å². The first kappa shape index (κ1) is 16.7. The van der Waals surface area contributed by atoms with Crippen molar-refractivity contribution in [2.24, 2.45) is 0 Å². The van der Waals surface area contributed by atoms with Gasteiger partial charge < -0.3 is 10.6 Å². The highest BCUT2D eigenvalue weighted by Crippen LogP contribution is 2.15. The summed E-state index contributed by atoms with van der Waals surface area (Å²) in [5.74, 6) is 0.0329. The van der Waals surface area contributed by atoms with Crippen molar-refractivity contribution < 1.29 is 4.79 Å². The zero-order chi connectivity index (χ0) is 14.8. The monoisotopic (exact) mass is 276 g/mol. The molecular formula is C17H28N2O. The van der Waals surface area contributed by atoms with Crippen molar-refractivity contribution in [3.05, 3.63) is 29.3 Å². The first-order chi connectivity index (χ1) is 9.63. The Morgan fingerprint density at radius 3 is 2.55 bits per heavy atom. The minimum atomic E-state index is 0.0329. The minimum absolute atomic E-state index is 0.0329. The van der Waals surface area contributed by atoms with Crippen LogP contribution in [0.1, 0.15) is 50.2 Å². The van der Waals surface area contributed by atoms with Crippen molar-refractivity contribution in [1.29, 1.82) is 0 Å². The smallest absolute Gasteiger partial charge is 0.238 e. The standard InChI is InChI=1S/C17H28N2O/c1-4-5-6-7-8-11-18-13-17(20)19-16-10-9-14(2)12-15(16)3/h9-10,12,18H,4-8,11,13H2,1-3H3,(H,19,20). The molecule has 0 aliphatic rings. The van der Waals surface area contributed by atoms with E-state index in [4.69, 9.17) is 0 Å². The van der Waals surface area contributed by atoms with Gasteiger partial charge in [-0.2, -0.15) is 0 Å². The van der Waals surface area contributed by atoms with Gasteiger partial charge in [-0.25, -0.2) is 0 Å². The van der Waals surface area contributed by atoms with Gasteiger partial charge in [-0.3, -0.25) is 4.79 Å². The third-order valence-electron chi connectivity index (χ3n) is 3.40. The molecule has 112 valence electrons. The predicted molar refractivity (Wildman–Crippen MR) is 86.2 cm³/mol. The second kappa shape index (κ2) is 9.54. The molecule has 0 atom stereocenters. The van der Waals surface area contributed by atoms with Gasteiger partial charge in [0.1, 0.15) is 0 Å². The zero-order valence-corrected chi connectivity index (χ0v) is 13.1. The quantitative estimate of drug-likeness (QED) is 0.674. The number of unbranched alkanes of at least 4 members (excludes halogenated alkanes) is 4. The van der Waals surface area contributed by atoms with E-state index in [1.807, 2.05) is 19.1 Å². The molecule has 0 unspecified atom stereocenters. The summed E-state index contributed by atoms with van der Waals surface area (Å²) in [5, 5.41) is 6.15. The average Bonchev–Trinajstić information content (AvgIpc) is 2.41. The van der Waals surface area contributed by atoms with Crippen LogP contribution in [0.5, 0.6) is 0 Å². The number of nitrogens with one attached hydrogen (secondary N) is 2. The minimum Gasteiger partial charge on any atom is -0.325 e. The van der Waals surface area contributed by atoms with Crippen LogP contribution in [0.25, 0.3) is 0 Å². The highest BCUT2D eigenvalue weighted by Gasteiger charge is 2.04. The van der Waals surface area contributed by atoms with Crippen molar-refractivity contribution in [3.8, 4) is 0 Å². The van der Waals surface area contributed by atoms with E-state index in [-0.39, 0.29) is 5.91 Å². The molecule has 0 bridgehead atoms. The van der Waals surface area contributed by atoms with Crippen LogP contribution in [0.2, 0.25) is 0 Å². The van der Waals surface area contributed by atoms with E-state index in [1.54, 1.807) is 0 Å². The van der Waals surface area contributed by atoms with Gasteiger partial charge in [-0.15, -0.1) is 0 Å². The molecule has 0 heterocycles.